The minimum absolute atomic E-state index is 0.00751. The summed E-state index contributed by atoms with van der Waals surface area (Å²) in [7, 11) is -3.30. The van der Waals surface area contributed by atoms with Gasteiger partial charge in [0.25, 0.3) is 5.91 Å². The highest BCUT2D eigenvalue weighted by atomic mass is 28.4. The molecule has 0 saturated carbocycles. The molecular weight excluding hydrogens is 523 g/mol. The molecule has 0 radical (unpaired) electrons. The van der Waals surface area contributed by atoms with E-state index in [9.17, 15) is 14.7 Å². The van der Waals surface area contributed by atoms with Gasteiger partial charge in [0.05, 0.1) is 24.0 Å². The Morgan fingerprint density at radius 2 is 1.73 bits per heavy atom. The van der Waals surface area contributed by atoms with Gasteiger partial charge in [-0.25, -0.2) is 0 Å². The van der Waals surface area contributed by atoms with E-state index in [1.54, 1.807) is 22.9 Å². The minimum atomic E-state index is -3.30. The van der Waals surface area contributed by atoms with Crippen LogP contribution in [0.3, 0.4) is 0 Å². The zero-order valence-corrected chi connectivity index (χ0v) is 24.1. The van der Waals surface area contributed by atoms with Crippen molar-refractivity contribution in [3.05, 3.63) is 89.5 Å². The maximum Gasteiger partial charge on any atom is 0.264 e. The molecule has 3 aliphatic rings. The third-order valence-corrected chi connectivity index (χ3v) is 11.3. The van der Waals surface area contributed by atoms with E-state index in [4.69, 9.17) is 4.74 Å². The smallest absolute Gasteiger partial charge is 0.264 e. The van der Waals surface area contributed by atoms with Gasteiger partial charge < -0.3 is 18.9 Å². The molecule has 1 spiro atoms. The average Bonchev–Trinajstić information content (AvgIpc) is 3.36. The fourth-order valence-electron chi connectivity index (χ4n) is 7.21. The third-order valence-electron chi connectivity index (χ3n) is 8.89. The van der Waals surface area contributed by atoms with E-state index >= 15 is 4.11 Å². The van der Waals surface area contributed by atoms with Crippen LogP contribution in [-0.2, 0) is 32.9 Å². The van der Waals surface area contributed by atoms with Gasteiger partial charge in [-0.2, -0.15) is 0 Å². The van der Waals surface area contributed by atoms with E-state index in [-0.39, 0.29) is 24.8 Å². The number of carbonyl (C=O) groups excluding carboxylic acids is 2. The minimum Gasteiger partial charge on any atom is -0.396 e. The molecule has 3 aromatic rings. The van der Waals surface area contributed by atoms with E-state index in [2.05, 4.69) is 0 Å². The Morgan fingerprint density at radius 3 is 2.45 bits per heavy atom. The molecule has 2 amide bonds. The van der Waals surface area contributed by atoms with Crippen LogP contribution in [0.25, 0.3) is 0 Å². The second-order valence-corrected chi connectivity index (χ2v) is 15.5. The van der Waals surface area contributed by atoms with E-state index < -0.39 is 31.6 Å². The summed E-state index contributed by atoms with van der Waals surface area (Å²) < 4.78 is 22.6. The molecule has 0 aliphatic carbocycles. The molecule has 1 N–H and O–H groups in total. The largest absolute Gasteiger partial charge is 0.396 e. The van der Waals surface area contributed by atoms with Gasteiger partial charge in [0, 0.05) is 35.7 Å². The van der Waals surface area contributed by atoms with Gasteiger partial charge in [0.15, 0.2) is 5.60 Å². The van der Waals surface area contributed by atoms with Crippen LogP contribution in [0.4, 0.5) is 21.2 Å². The second kappa shape index (κ2) is 9.94. The van der Waals surface area contributed by atoms with Gasteiger partial charge in [0.1, 0.15) is 0 Å². The van der Waals surface area contributed by atoms with Gasteiger partial charge in [0.2, 0.25) is 14.3 Å². The second-order valence-electron chi connectivity index (χ2n) is 11.7. The lowest BCUT2D eigenvalue weighted by atomic mass is 9.82. The van der Waals surface area contributed by atoms with Crippen LogP contribution in [0.1, 0.15) is 36.5 Å². The first kappa shape index (κ1) is 26.9. The van der Waals surface area contributed by atoms with Gasteiger partial charge in [-0.3, -0.25) is 14.5 Å². The van der Waals surface area contributed by atoms with Crippen LogP contribution >= 0.6 is 0 Å². The summed E-state index contributed by atoms with van der Waals surface area (Å²) in [6.07, 6.45) is 0.759. The number of halogens is 1. The quantitative estimate of drug-likeness (QED) is 0.298. The third kappa shape index (κ3) is 4.12. The maximum absolute atomic E-state index is 15.9. The number of aliphatic hydroxyl groups excluding tert-OH is 1. The number of fused-ring (bicyclic) bond motifs is 3. The topological polar surface area (TPSA) is 70.1 Å². The normalized spacial score (nSPS) is 26.0. The molecule has 8 heteroatoms. The van der Waals surface area contributed by atoms with Crippen molar-refractivity contribution in [2.24, 2.45) is 5.92 Å². The molecule has 6 nitrogen and oxygen atoms in total. The van der Waals surface area contributed by atoms with Gasteiger partial charge in [-0.15, -0.1) is 0 Å². The number of hydrogen-bond acceptors (Lipinski definition) is 4. The van der Waals surface area contributed by atoms with Crippen molar-refractivity contribution in [1.29, 1.82) is 0 Å². The Hall–Kier alpha value is -3.33. The first-order valence-electron chi connectivity index (χ1n) is 14.1. The van der Waals surface area contributed by atoms with Crippen molar-refractivity contribution >= 4 is 37.3 Å². The number of rotatable bonds is 6. The first-order chi connectivity index (χ1) is 19.2. The van der Waals surface area contributed by atoms with E-state index in [0.717, 1.165) is 16.8 Å². The summed E-state index contributed by atoms with van der Waals surface area (Å²) in [4.78, 5) is 31.3. The first-order valence-corrected chi connectivity index (χ1v) is 17.0. The van der Waals surface area contributed by atoms with Crippen molar-refractivity contribution in [3.8, 4) is 0 Å². The zero-order valence-electron chi connectivity index (χ0n) is 23.1. The number of carbonyl (C=O) groups is 2. The van der Waals surface area contributed by atoms with Crippen LogP contribution in [0.5, 0.6) is 0 Å². The number of hydrogen-bond donors (Lipinski definition) is 1. The molecule has 0 bridgehead atoms. The lowest BCUT2D eigenvalue weighted by Crippen LogP contribution is -2.45. The molecule has 1 saturated heterocycles. The number of aryl methyl sites for hydroxylation is 1. The van der Waals surface area contributed by atoms with Gasteiger partial charge in [-0.1, -0.05) is 55.5 Å². The van der Waals surface area contributed by atoms with Gasteiger partial charge >= 0.3 is 0 Å². The van der Waals surface area contributed by atoms with E-state index in [1.807, 2.05) is 79.7 Å². The summed E-state index contributed by atoms with van der Waals surface area (Å²) in [6.45, 7) is 5.42. The van der Waals surface area contributed by atoms with Crippen LogP contribution in [-0.4, -0.2) is 38.0 Å². The monoisotopic (exact) mass is 558 g/mol. The van der Waals surface area contributed by atoms with Gasteiger partial charge in [-0.05, 0) is 61.3 Å². The number of amides is 2. The van der Waals surface area contributed by atoms with Crippen molar-refractivity contribution in [1.82, 2.24) is 0 Å². The van der Waals surface area contributed by atoms with Crippen molar-refractivity contribution in [2.75, 3.05) is 16.4 Å². The molecule has 6 rings (SSSR count). The molecule has 40 heavy (non-hydrogen) atoms. The Kier molecular flexibility index (Phi) is 6.68. The summed E-state index contributed by atoms with van der Waals surface area (Å²) in [5, 5.41) is 9.85. The molecule has 3 aliphatic heterocycles. The molecule has 0 unspecified atom stereocenters. The maximum atomic E-state index is 15.9. The van der Waals surface area contributed by atoms with E-state index in [0.29, 0.717) is 36.3 Å². The highest BCUT2D eigenvalue weighted by Gasteiger charge is 2.66. The lowest BCUT2D eigenvalue weighted by molar-refractivity contribution is -0.146. The number of ether oxygens (including phenoxy) is 1. The fourth-order valence-corrected chi connectivity index (χ4v) is 9.75. The Balaban J connectivity index is 1.52. The lowest BCUT2D eigenvalue weighted by Gasteiger charge is -2.32. The molecule has 208 valence electrons. The van der Waals surface area contributed by atoms with Crippen LogP contribution < -0.4 is 9.80 Å². The highest BCUT2D eigenvalue weighted by molar-refractivity contribution is 6.72. The summed E-state index contributed by atoms with van der Waals surface area (Å²) >= 11 is 0. The van der Waals surface area contributed by atoms with E-state index in [1.165, 1.54) is 0 Å². The molecule has 1 fully saturated rings. The molecule has 4 atom stereocenters. The summed E-state index contributed by atoms with van der Waals surface area (Å²) in [5.74, 6) is -0.681. The number of aliphatic hydroxyl groups is 1. The number of anilines is 3. The predicted molar refractivity (Wildman–Crippen MR) is 156 cm³/mol. The Labute approximate surface area is 235 Å². The van der Waals surface area contributed by atoms with Crippen LogP contribution in [0, 0.1) is 5.92 Å². The van der Waals surface area contributed by atoms with Crippen LogP contribution in [0.2, 0.25) is 18.6 Å². The van der Waals surface area contributed by atoms with Crippen LogP contribution in [0.15, 0.2) is 72.8 Å². The summed E-state index contributed by atoms with van der Waals surface area (Å²) in [5.41, 5.74) is 3.07. The number of nitrogens with zero attached hydrogens (tertiary/aromatic N) is 2. The Bertz CT molecular complexity index is 1460. The molecule has 3 aromatic carbocycles. The molecule has 0 aromatic heterocycles. The number of benzene rings is 3. The van der Waals surface area contributed by atoms with Crippen molar-refractivity contribution in [2.45, 2.75) is 63.1 Å². The summed E-state index contributed by atoms with van der Waals surface area (Å²) in [6, 6.07) is 23.3. The predicted octanol–water partition coefficient (Wildman–Crippen LogP) is 6.00. The zero-order chi connectivity index (χ0) is 28.2. The fraction of sp³-hybridized carbons (Fsp3) is 0.375. The van der Waals surface area contributed by atoms with Crippen molar-refractivity contribution < 1.29 is 23.5 Å². The molecular formula is C32H35FN2O4Si. The standard InChI is InChI=1S/C32H35FN2O4Si/c1-21-30(40(2,3)33)28(17-18-36)39-32(21)25-19-24(35-26-12-8-7-11-23(26)13-16-29(35)37)14-15-27(25)34(31(32)38)20-22-9-5-4-6-10-22/h4-12,14-15,19,21,28,30,36H,13,16-18,20H2,1-3H3/t21-,28+,30-,32+/m1/s1. The average molecular weight is 559 g/mol. The highest BCUT2D eigenvalue weighted by Crippen LogP contribution is 2.60. The SMILES string of the molecule is C[C@@H]1[C@@H]([Si](C)(C)F)[C@H](CCO)O[C@@]12C(=O)N(Cc1ccccc1)c1ccc(N3C(=O)CCc4ccccc43)cc12. The Morgan fingerprint density at radius 1 is 1.00 bits per heavy atom. The van der Waals surface area contributed by atoms with Crippen molar-refractivity contribution in [3.63, 3.8) is 0 Å². The number of para-hydroxylation sites is 1. The molecule has 3 heterocycles.